The molecular formula is C38H26N4. The van der Waals surface area contributed by atoms with Crippen molar-refractivity contribution in [2.45, 2.75) is 13.8 Å². The Hall–Kier alpha value is -5.84. The van der Waals surface area contributed by atoms with Crippen LogP contribution in [-0.4, -0.2) is 9.13 Å². The summed E-state index contributed by atoms with van der Waals surface area (Å²) >= 11 is 0. The third-order valence-corrected chi connectivity index (χ3v) is 7.91. The topological polar surface area (TPSA) is 38.0 Å². The first-order valence-corrected chi connectivity index (χ1v) is 13.9. The summed E-state index contributed by atoms with van der Waals surface area (Å²) in [5.74, 6) is 0. The van der Waals surface area contributed by atoms with Crippen LogP contribution in [0.4, 0.5) is 5.69 Å². The van der Waals surface area contributed by atoms with Gasteiger partial charge < -0.3 is 9.13 Å². The Kier molecular flexibility index (Phi) is 5.97. The number of benzene rings is 5. The first-order chi connectivity index (χ1) is 20.5. The second kappa shape index (κ2) is 9.97. The van der Waals surface area contributed by atoms with Gasteiger partial charge in [-0.05, 0) is 85.6 Å². The molecule has 0 amide bonds. The van der Waals surface area contributed by atoms with E-state index in [0.29, 0.717) is 11.3 Å². The van der Waals surface area contributed by atoms with Crippen LogP contribution >= 0.6 is 0 Å². The summed E-state index contributed by atoms with van der Waals surface area (Å²) in [6.07, 6.45) is 0. The van der Waals surface area contributed by atoms with Gasteiger partial charge in [0.05, 0.1) is 40.6 Å². The third-order valence-electron chi connectivity index (χ3n) is 7.91. The second-order valence-corrected chi connectivity index (χ2v) is 10.7. The quantitative estimate of drug-likeness (QED) is 0.206. The molecule has 0 fully saturated rings. The minimum atomic E-state index is 0.622. The fourth-order valence-electron chi connectivity index (χ4n) is 5.70. The predicted octanol–water partition coefficient (Wildman–Crippen LogP) is 9.95. The number of aromatic nitrogens is 2. The van der Waals surface area contributed by atoms with E-state index in [0.717, 1.165) is 55.7 Å². The summed E-state index contributed by atoms with van der Waals surface area (Å²) in [7, 11) is 0. The smallest absolute Gasteiger partial charge is 0.187 e. The maximum Gasteiger partial charge on any atom is 0.187 e. The number of hydrogen-bond donors (Lipinski definition) is 0. The minimum absolute atomic E-state index is 0.622. The van der Waals surface area contributed by atoms with Crippen LogP contribution in [0.1, 0.15) is 16.7 Å². The first-order valence-electron chi connectivity index (χ1n) is 13.9. The Morgan fingerprint density at radius 3 is 1.40 bits per heavy atom. The molecule has 5 aromatic carbocycles. The number of rotatable bonds is 4. The SMILES string of the molecule is [C-]#[N+]c1ccc(-n2c(-c3ccc(C)cc3)cc3cc4c(cc(-c5ccc(C)cc5)n4-c4ccc(C#N)cc4)cc32)cc1. The molecule has 0 saturated carbocycles. The highest BCUT2D eigenvalue weighted by atomic mass is 15.0. The van der Waals surface area contributed by atoms with Gasteiger partial charge in [0.25, 0.3) is 0 Å². The lowest BCUT2D eigenvalue weighted by Crippen LogP contribution is -1.98. The Morgan fingerprint density at radius 2 is 1.00 bits per heavy atom. The average Bonchev–Trinajstić information content (AvgIpc) is 3.58. The Balaban J connectivity index is 1.53. The van der Waals surface area contributed by atoms with Crippen molar-refractivity contribution in [3.63, 3.8) is 0 Å². The maximum atomic E-state index is 9.39. The van der Waals surface area contributed by atoms with Gasteiger partial charge in [-0.3, -0.25) is 0 Å². The number of aryl methyl sites for hydroxylation is 2. The van der Waals surface area contributed by atoms with E-state index in [-0.39, 0.29) is 0 Å². The van der Waals surface area contributed by atoms with Gasteiger partial charge in [-0.1, -0.05) is 71.8 Å². The van der Waals surface area contributed by atoms with Crippen LogP contribution < -0.4 is 0 Å². The summed E-state index contributed by atoms with van der Waals surface area (Å²) in [5.41, 5.74) is 12.3. The molecule has 4 heteroatoms. The van der Waals surface area contributed by atoms with Crippen LogP contribution in [0.2, 0.25) is 0 Å². The highest BCUT2D eigenvalue weighted by molar-refractivity contribution is 6.02. The predicted molar refractivity (Wildman–Crippen MR) is 171 cm³/mol. The van der Waals surface area contributed by atoms with Gasteiger partial charge in [0.1, 0.15) is 0 Å². The van der Waals surface area contributed by atoms with Crippen LogP contribution in [0.15, 0.2) is 121 Å². The lowest BCUT2D eigenvalue weighted by molar-refractivity contribution is 1.13. The Morgan fingerprint density at radius 1 is 0.571 bits per heavy atom. The Bertz CT molecular complexity index is 2020. The number of hydrogen-bond acceptors (Lipinski definition) is 1. The zero-order valence-electron chi connectivity index (χ0n) is 23.3. The molecule has 198 valence electrons. The monoisotopic (exact) mass is 538 g/mol. The molecule has 0 spiro atoms. The minimum Gasteiger partial charge on any atom is -0.309 e. The summed E-state index contributed by atoms with van der Waals surface area (Å²) in [4.78, 5) is 3.59. The van der Waals surface area contributed by atoms with E-state index >= 15 is 0 Å². The van der Waals surface area contributed by atoms with E-state index in [9.17, 15) is 5.26 Å². The second-order valence-electron chi connectivity index (χ2n) is 10.7. The molecule has 7 aromatic rings. The van der Waals surface area contributed by atoms with Gasteiger partial charge in [-0.15, -0.1) is 0 Å². The van der Waals surface area contributed by atoms with Crippen molar-refractivity contribution in [3.05, 3.63) is 149 Å². The summed E-state index contributed by atoms with van der Waals surface area (Å²) in [6, 6.07) is 44.1. The third kappa shape index (κ3) is 4.24. The zero-order valence-corrected chi connectivity index (χ0v) is 23.3. The summed E-state index contributed by atoms with van der Waals surface area (Å²) in [6.45, 7) is 11.6. The average molecular weight is 539 g/mol. The van der Waals surface area contributed by atoms with E-state index < -0.39 is 0 Å². The van der Waals surface area contributed by atoms with Gasteiger partial charge >= 0.3 is 0 Å². The number of fused-ring (bicyclic) bond motifs is 2. The molecule has 7 rings (SSSR count). The molecule has 0 N–H and O–H groups in total. The standard InChI is InChI=1S/C38H26N4/c1-25-4-10-28(11-5-25)35-20-30-23-38-31(22-37(30)41(35)33-16-8-27(24-39)9-17-33)21-36(29-12-6-26(2)7-13-29)42(38)34-18-14-32(40-3)15-19-34/h4-23H,1-2H3. The molecule has 2 aromatic heterocycles. The van der Waals surface area contributed by atoms with Crippen molar-refractivity contribution < 1.29 is 0 Å². The molecule has 0 saturated heterocycles. The van der Waals surface area contributed by atoms with Crippen molar-refractivity contribution in [2.24, 2.45) is 0 Å². The van der Waals surface area contributed by atoms with Gasteiger partial charge in [-0.25, -0.2) is 4.85 Å². The molecule has 0 aliphatic rings. The lowest BCUT2D eigenvalue weighted by atomic mass is 10.1. The van der Waals surface area contributed by atoms with Gasteiger partial charge in [-0.2, -0.15) is 5.26 Å². The molecule has 4 nitrogen and oxygen atoms in total. The van der Waals surface area contributed by atoms with Crippen LogP contribution in [0.25, 0.3) is 60.5 Å². The van der Waals surface area contributed by atoms with Crippen molar-refractivity contribution in [3.8, 4) is 40.0 Å². The fourth-order valence-corrected chi connectivity index (χ4v) is 5.70. The highest BCUT2D eigenvalue weighted by Crippen LogP contribution is 2.38. The van der Waals surface area contributed by atoms with Crippen molar-refractivity contribution in [1.82, 2.24) is 9.13 Å². The van der Waals surface area contributed by atoms with Crippen molar-refractivity contribution >= 4 is 27.5 Å². The van der Waals surface area contributed by atoms with Crippen LogP contribution in [0.5, 0.6) is 0 Å². The molecule has 0 atom stereocenters. The molecule has 0 bridgehead atoms. The van der Waals surface area contributed by atoms with E-state index in [2.05, 4.69) is 107 Å². The van der Waals surface area contributed by atoms with Crippen LogP contribution in [0, 0.1) is 31.8 Å². The molecule has 42 heavy (non-hydrogen) atoms. The molecule has 0 aliphatic heterocycles. The Labute approximate surface area is 244 Å². The molecule has 2 heterocycles. The normalized spacial score (nSPS) is 11.0. The number of nitriles is 1. The van der Waals surface area contributed by atoms with Crippen LogP contribution in [-0.2, 0) is 0 Å². The van der Waals surface area contributed by atoms with Gasteiger partial charge in [0, 0.05) is 22.1 Å². The lowest BCUT2D eigenvalue weighted by Gasteiger charge is -2.13. The van der Waals surface area contributed by atoms with Crippen molar-refractivity contribution in [1.29, 1.82) is 5.26 Å². The number of nitrogens with zero attached hydrogens (tertiary/aromatic N) is 4. The fraction of sp³-hybridized carbons (Fsp3) is 0.0526. The zero-order chi connectivity index (χ0) is 28.8. The van der Waals surface area contributed by atoms with Crippen molar-refractivity contribution in [2.75, 3.05) is 0 Å². The van der Waals surface area contributed by atoms with E-state index in [4.69, 9.17) is 6.57 Å². The summed E-state index contributed by atoms with van der Waals surface area (Å²) in [5, 5.41) is 11.6. The molecular weight excluding hydrogens is 512 g/mol. The molecule has 0 aliphatic carbocycles. The van der Waals surface area contributed by atoms with E-state index in [1.165, 1.54) is 11.1 Å². The van der Waals surface area contributed by atoms with Gasteiger partial charge in [0.2, 0.25) is 0 Å². The van der Waals surface area contributed by atoms with E-state index in [1.54, 1.807) is 0 Å². The first kappa shape index (κ1) is 25.1. The highest BCUT2D eigenvalue weighted by Gasteiger charge is 2.18. The molecule has 0 radical (unpaired) electrons. The largest absolute Gasteiger partial charge is 0.309 e. The van der Waals surface area contributed by atoms with Crippen LogP contribution in [0.3, 0.4) is 0 Å². The molecule has 0 unspecified atom stereocenters. The van der Waals surface area contributed by atoms with Gasteiger partial charge in [0.15, 0.2) is 5.69 Å². The van der Waals surface area contributed by atoms with E-state index in [1.807, 2.05) is 48.5 Å². The summed E-state index contributed by atoms with van der Waals surface area (Å²) < 4.78 is 4.58. The maximum absolute atomic E-state index is 9.39.